The van der Waals surface area contributed by atoms with Gasteiger partial charge in [-0.2, -0.15) is 0 Å². The van der Waals surface area contributed by atoms with Crippen LogP contribution in [0, 0.1) is 10.5 Å². The first-order valence-electron chi connectivity index (χ1n) is 5.12. The maximum atomic E-state index is 4.09. The summed E-state index contributed by atoms with van der Waals surface area (Å²) in [4.78, 5) is 4.09. The highest BCUT2D eigenvalue weighted by Crippen LogP contribution is 2.17. The average Bonchev–Trinajstić information content (AvgIpc) is 2.66. The third-order valence-corrected chi connectivity index (χ3v) is 3.72. The van der Waals surface area contributed by atoms with Crippen molar-refractivity contribution >= 4 is 28.3 Å². The molecule has 0 amide bonds. The number of hydrogen-bond donors (Lipinski definition) is 1. The molecule has 0 fully saturated rings. The van der Waals surface area contributed by atoms with E-state index < -0.39 is 0 Å². The smallest absolute Gasteiger partial charge is 0.0946 e. The lowest BCUT2D eigenvalue weighted by molar-refractivity contribution is 0.837. The predicted molar refractivity (Wildman–Crippen MR) is 74.4 cm³/mol. The van der Waals surface area contributed by atoms with Crippen LogP contribution < -0.4 is 5.32 Å². The number of halogens is 1. The molecule has 0 bridgehead atoms. The summed E-state index contributed by atoms with van der Waals surface area (Å²) in [6.45, 7) is 2.92. The Morgan fingerprint density at radius 2 is 2.25 bits per heavy atom. The van der Waals surface area contributed by atoms with Crippen LogP contribution in [-0.4, -0.2) is 9.55 Å². The van der Waals surface area contributed by atoms with Crippen LogP contribution in [0.3, 0.4) is 0 Å². The van der Waals surface area contributed by atoms with E-state index in [2.05, 4.69) is 58.0 Å². The normalized spacial score (nSPS) is 10.4. The SMILES string of the molecule is Cc1ccc(NCc2cncn2C)cc1I. The van der Waals surface area contributed by atoms with E-state index in [9.17, 15) is 0 Å². The molecule has 0 saturated carbocycles. The van der Waals surface area contributed by atoms with Gasteiger partial charge in [-0.15, -0.1) is 0 Å². The van der Waals surface area contributed by atoms with Gasteiger partial charge in [0.05, 0.1) is 18.6 Å². The van der Waals surface area contributed by atoms with E-state index >= 15 is 0 Å². The Morgan fingerprint density at radius 1 is 1.44 bits per heavy atom. The number of rotatable bonds is 3. The van der Waals surface area contributed by atoms with Crippen LogP contribution in [0.1, 0.15) is 11.3 Å². The molecule has 2 aromatic rings. The number of aryl methyl sites for hydroxylation is 2. The van der Waals surface area contributed by atoms with Crippen molar-refractivity contribution < 1.29 is 0 Å². The second-order valence-electron chi connectivity index (χ2n) is 3.81. The second kappa shape index (κ2) is 4.86. The highest BCUT2D eigenvalue weighted by atomic mass is 127. The minimum Gasteiger partial charge on any atom is -0.379 e. The summed E-state index contributed by atoms with van der Waals surface area (Å²) in [6.07, 6.45) is 3.70. The molecule has 0 spiro atoms. The highest BCUT2D eigenvalue weighted by molar-refractivity contribution is 14.1. The van der Waals surface area contributed by atoms with E-state index in [1.54, 1.807) is 0 Å². The van der Waals surface area contributed by atoms with Gasteiger partial charge in [0, 0.05) is 22.5 Å². The van der Waals surface area contributed by atoms with Gasteiger partial charge in [-0.25, -0.2) is 4.98 Å². The fourth-order valence-corrected chi connectivity index (χ4v) is 1.97. The molecule has 0 aliphatic heterocycles. The van der Waals surface area contributed by atoms with Crippen LogP contribution in [0.2, 0.25) is 0 Å². The molecule has 2 rings (SSSR count). The van der Waals surface area contributed by atoms with Crippen molar-refractivity contribution in [3.05, 3.63) is 45.6 Å². The zero-order valence-corrected chi connectivity index (χ0v) is 11.5. The zero-order valence-electron chi connectivity index (χ0n) is 9.37. The monoisotopic (exact) mass is 327 g/mol. The van der Waals surface area contributed by atoms with Crippen LogP contribution in [0.4, 0.5) is 5.69 Å². The van der Waals surface area contributed by atoms with Gasteiger partial charge in [0.2, 0.25) is 0 Å². The van der Waals surface area contributed by atoms with Crippen LogP contribution in [0.25, 0.3) is 0 Å². The third-order valence-electron chi connectivity index (χ3n) is 2.56. The zero-order chi connectivity index (χ0) is 11.5. The fraction of sp³-hybridized carbons (Fsp3) is 0.250. The Hall–Kier alpha value is -1.04. The molecule has 16 heavy (non-hydrogen) atoms. The molecular formula is C12H14IN3. The molecule has 1 aromatic heterocycles. The number of anilines is 1. The highest BCUT2D eigenvalue weighted by Gasteiger charge is 2.00. The van der Waals surface area contributed by atoms with E-state index in [4.69, 9.17) is 0 Å². The molecule has 0 radical (unpaired) electrons. The van der Waals surface area contributed by atoms with Crippen LogP contribution in [-0.2, 0) is 13.6 Å². The number of imidazole rings is 1. The van der Waals surface area contributed by atoms with Gasteiger partial charge in [-0.1, -0.05) is 6.07 Å². The number of hydrogen-bond acceptors (Lipinski definition) is 2. The van der Waals surface area contributed by atoms with E-state index in [0.717, 1.165) is 12.2 Å². The summed E-state index contributed by atoms with van der Waals surface area (Å²) in [6, 6.07) is 6.40. The summed E-state index contributed by atoms with van der Waals surface area (Å²) >= 11 is 2.35. The van der Waals surface area contributed by atoms with Gasteiger partial charge in [0.1, 0.15) is 0 Å². The summed E-state index contributed by atoms with van der Waals surface area (Å²) < 4.78 is 3.30. The Kier molecular flexibility index (Phi) is 3.48. The first-order chi connectivity index (χ1) is 7.66. The van der Waals surface area contributed by atoms with Crippen molar-refractivity contribution in [3.63, 3.8) is 0 Å². The minimum atomic E-state index is 0.801. The molecule has 1 aromatic carbocycles. The Bertz CT molecular complexity index is 491. The summed E-state index contributed by atoms with van der Waals surface area (Å²) in [5.41, 5.74) is 3.64. The number of nitrogens with one attached hydrogen (secondary N) is 1. The molecule has 0 aliphatic rings. The second-order valence-corrected chi connectivity index (χ2v) is 4.98. The Labute approximate surface area is 109 Å². The van der Waals surface area contributed by atoms with Gasteiger partial charge in [0.25, 0.3) is 0 Å². The number of nitrogens with zero attached hydrogens (tertiary/aromatic N) is 2. The van der Waals surface area contributed by atoms with Gasteiger partial charge in [0.15, 0.2) is 0 Å². The first-order valence-corrected chi connectivity index (χ1v) is 6.20. The standard InChI is InChI=1S/C12H14IN3/c1-9-3-4-10(5-12(9)13)15-7-11-6-14-8-16(11)2/h3-6,8,15H,7H2,1-2H3. The molecule has 1 N–H and O–H groups in total. The van der Waals surface area contributed by atoms with Gasteiger partial charge >= 0.3 is 0 Å². The molecule has 4 heteroatoms. The lowest BCUT2D eigenvalue weighted by atomic mass is 10.2. The molecule has 0 saturated heterocycles. The summed E-state index contributed by atoms with van der Waals surface area (Å²) in [7, 11) is 2.00. The van der Waals surface area contributed by atoms with E-state index in [0.29, 0.717) is 0 Å². The molecule has 0 atom stereocenters. The van der Waals surface area contributed by atoms with Crippen LogP contribution in [0.15, 0.2) is 30.7 Å². The summed E-state index contributed by atoms with van der Waals surface area (Å²) in [5, 5.41) is 3.39. The van der Waals surface area contributed by atoms with Gasteiger partial charge in [-0.3, -0.25) is 0 Å². The van der Waals surface area contributed by atoms with Crippen molar-refractivity contribution in [2.45, 2.75) is 13.5 Å². The van der Waals surface area contributed by atoms with E-state index in [1.165, 1.54) is 14.8 Å². The maximum absolute atomic E-state index is 4.09. The molecule has 0 aliphatic carbocycles. The van der Waals surface area contributed by atoms with Gasteiger partial charge < -0.3 is 9.88 Å². The first kappa shape index (κ1) is 11.4. The third kappa shape index (κ3) is 2.55. The summed E-state index contributed by atoms with van der Waals surface area (Å²) in [5.74, 6) is 0. The number of benzene rings is 1. The minimum absolute atomic E-state index is 0.801. The lowest BCUT2D eigenvalue weighted by Gasteiger charge is -2.08. The molecule has 84 valence electrons. The van der Waals surface area contributed by atoms with Crippen molar-refractivity contribution in [2.24, 2.45) is 7.05 Å². The van der Waals surface area contributed by atoms with Crippen molar-refractivity contribution in [1.29, 1.82) is 0 Å². The molecular weight excluding hydrogens is 313 g/mol. The van der Waals surface area contributed by atoms with Gasteiger partial charge in [-0.05, 0) is 47.2 Å². The topological polar surface area (TPSA) is 29.9 Å². The van der Waals surface area contributed by atoms with Crippen LogP contribution in [0.5, 0.6) is 0 Å². The largest absolute Gasteiger partial charge is 0.379 e. The van der Waals surface area contributed by atoms with Crippen molar-refractivity contribution in [2.75, 3.05) is 5.32 Å². The van der Waals surface area contributed by atoms with Crippen molar-refractivity contribution in [3.8, 4) is 0 Å². The van der Waals surface area contributed by atoms with Crippen LogP contribution >= 0.6 is 22.6 Å². The molecule has 0 unspecified atom stereocenters. The lowest BCUT2D eigenvalue weighted by Crippen LogP contribution is -2.04. The fourth-order valence-electron chi connectivity index (χ4n) is 1.45. The molecule has 3 nitrogen and oxygen atoms in total. The average molecular weight is 327 g/mol. The molecule has 1 heterocycles. The maximum Gasteiger partial charge on any atom is 0.0946 e. The number of aromatic nitrogens is 2. The van der Waals surface area contributed by atoms with Crippen molar-refractivity contribution in [1.82, 2.24) is 9.55 Å². The van der Waals surface area contributed by atoms with E-state index in [1.807, 2.05) is 24.1 Å². The van der Waals surface area contributed by atoms with E-state index in [-0.39, 0.29) is 0 Å². The predicted octanol–water partition coefficient (Wildman–Crippen LogP) is 2.95. The Morgan fingerprint density at radius 3 is 2.88 bits per heavy atom. The quantitative estimate of drug-likeness (QED) is 0.879. The Balaban J connectivity index is 2.05.